The Bertz CT molecular complexity index is 1110. The summed E-state index contributed by atoms with van der Waals surface area (Å²) >= 11 is 0. The number of piperidine rings is 1. The minimum atomic E-state index is -3.73. The van der Waals surface area contributed by atoms with Crippen molar-refractivity contribution in [2.75, 3.05) is 39.2 Å². The van der Waals surface area contributed by atoms with Crippen LogP contribution in [-0.4, -0.2) is 52.5 Å². The minimum absolute atomic E-state index is 0.0600. The summed E-state index contributed by atoms with van der Waals surface area (Å²) in [5.41, 5.74) is 1.07. The lowest BCUT2D eigenvalue weighted by molar-refractivity contribution is -0.111. The van der Waals surface area contributed by atoms with E-state index in [-0.39, 0.29) is 10.6 Å². The molecule has 8 nitrogen and oxygen atoms in total. The van der Waals surface area contributed by atoms with Gasteiger partial charge in [-0.25, -0.2) is 8.42 Å². The van der Waals surface area contributed by atoms with Gasteiger partial charge in [-0.05, 0) is 56.2 Å². The van der Waals surface area contributed by atoms with Gasteiger partial charge in [0.15, 0.2) is 0 Å². The maximum atomic E-state index is 13.2. The van der Waals surface area contributed by atoms with E-state index in [1.807, 2.05) is 0 Å². The van der Waals surface area contributed by atoms with Gasteiger partial charge in [0.25, 0.3) is 0 Å². The van der Waals surface area contributed by atoms with Crippen LogP contribution >= 0.6 is 0 Å². The quantitative estimate of drug-likeness (QED) is 0.554. The molecule has 178 valence electrons. The van der Waals surface area contributed by atoms with E-state index in [4.69, 9.17) is 14.2 Å². The van der Waals surface area contributed by atoms with Crippen LogP contribution in [0.2, 0.25) is 0 Å². The van der Waals surface area contributed by atoms with E-state index in [1.165, 1.54) is 23.6 Å². The van der Waals surface area contributed by atoms with Gasteiger partial charge in [0.2, 0.25) is 15.9 Å². The zero-order valence-corrected chi connectivity index (χ0v) is 20.0. The van der Waals surface area contributed by atoms with Gasteiger partial charge in [-0.15, -0.1) is 0 Å². The summed E-state index contributed by atoms with van der Waals surface area (Å²) < 4.78 is 44.1. The van der Waals surface area contributed by atoms with Crippen molar-refractivity contribution in [3.8, 4) is 17.2 Å². The lowest BCUT2D eigenvalue weighted by atomic mass is 10.1. The summed E-state index contributed by atoms with van der Waals surface area (Å²) in [4.78, 5) is 12.6. The van der Waals surface area contributed by atoms with Crippen molar-refractivity contribution in [3.05, 3.63) is 48.0 Å². The predicted octanol–water partition coefficient (Wildman–Crippen LogP) is 3.93. The Hall–Kier alpha value is -3.04. The highest BCUT2D eigenvalue weighted by Crippen LogP contribution is 2.31. The number of ether oxygens (including phenoxy) is 3. The summed E-state index contributed by atoms with van der Waals surface area (Å²) in [5.74, 6) is 1.08. The van der Waals surface area contributed by atoms with Crippen LogP contribution in [-0.2, 0) is 14.8 Å². The van der Waals surface area contributed by atoms with E-state index in [0.29, 0.717) is 42.4 Å². The van der Waals surface area contributed by atoms with Crippen LogP contribution in [0.4, 0.5) is 5.69 Å². The van der Waals surface area contributed by atoms with Crippen molar-refractivity contribution in [3.63, 3.8) is 0 Å². The number of amides is 1. The average Bonchev–Trinajstić information content (AvgIpc) is 2.84. The third-order valence-electron chi connectivity index (χ3n) is 5.30. The molecule has 2 aromatic carbocycles. The number of methoxy groups -OCH3 is 2. The fourth-order valence-corrected chi connectivity index (χ4v) is 5.29. The van der Waals surface area contributed by atoms with E-state index in [2.05, 4.69) is 5.32 Å². The molecule has 0 radical (unpaired) electrons. The second-order valence-electron chi connectivity index (χ2n) is 7.49. The highest BCUT2D eigenvalue weighted by Gasteiger charge is 2.29. The molecule has 0 bridgehead atoms. The highest BCUT2D eigenvalue weighted by atomic mass is 32.2. The lowest BCUT2D eigenvalue weighted by Crippen LogP contribution is -2.35. The largest absolute Gasteiger partial charge is 0.497 e. The Kier molecular flexibility index (Phi) is 8.35. The summed E-state index contributed by atoms with van der Waals surface area (Å²) in [7, 11) is -0.632. The molecular formula is C24H30N2O6S. The molecule has 1 saturated heterocycles. The van der Waals surface area contributed by atoms with Gasteiger partial charge in [-0.2, -0.15) is 4.31 Å². The summed E-state index contributed by atoms with van der Waals surface area (Å²) in [5, 5.41) is 2.73. The van der Waals surface area contributed by atoms with Crippen LogP contribution in [0, 0.1) is 0 Å². The molecule has 3 rings (SSSR count). The van der Waals surface area contributed by atoms with E-state index < -0.39 is 15.9 Å². The van der Waals surface area contributed by atoms with Gasteiger partial charge >= 0.3 is 0 Å². The topological polar surface area (TPSA) is 94.2 Å². The standard InChI is InChI=1S/C24H30N2O6S/c1-4-32-21-12-10-19(16-23(21)33(28,29)26-14-6-5-7-15-26)25-24(27)13-9-18-8-11-20(30-2)17-22(18)31-3/h8-13,16-17H,4-7,14-15H2,1-3H3,(H,25,27). The first-order valence-electron chi connectivity index (χ1n) is 10.9. The van der Waals surface area contributed by atoms with Gasteiger partial charge in [0.1, 0.15) is 22.1 Å². The first-order valence-corrected chi connectivity index (χ1v) is 12.3. The number of sulfonamides is 1. The Labute approximate surface area is 195 Å². The number of anilines is 1. The van der Waals surface area contributed by atoms with Gasteiger partial charge < -0.3 is 19.5 Å². The van der Waals surface area contributed by atoms with Gasteiger partial charge in [-0.3, -0.25) is 4.79 Å². The first-order chi connectivity index (χ1) is 15.9. The zero-order chi connectivity index (χ0) is 23.8. The number of hydrogen-bond acceptors (Lipinski definition) is 6. The molecule has 1 aliphatic heterocycles. The summed E-state index contributed by atoms with van der Waals surface area (Å²) in [6, 6.07) is 9.92. The monoisotopic (exact) mass is 474 g/mol. The molecule has 1 heterocycles. The minimum Gasteiger partial charge on any atom is -0.497 e. The lowest BCUT2D eigenvalue weighted by Gasteiger charge is -2.26. The van der Waals surface area contributed by atoms with Crippen LogP contribution in [0.1, 0.15) is 31.7 Å². The van der Waals surface area contributed by atoms with Crippen molar-refractivity contribution in [1.82, 2.24) is 4.31 Å². The van der Waals surface area contributed by atoms with Crippen LogP contribution in [0.3, 0.4) is 0 Å². The third kappa shape index (κ3) is 6.06. The van der Waals surface area contributed by atoms with Gasteiger partial charge in [-0.1, -0.05) is 6.42 Å². The molecule has 0 aliphatic carbocycles. The molecule has 1 N–H and O–H groups in total. The van der Waals surface area contributed by atoms with Gasteiger partial charge in [0, 0.05) is 36.5 Å². The Balaban J connectivity index is 1.81. The molecule has 9 heteroatoms. The zero-order valence-electron chi connectivity index (χ0n) is 19.2. The van der Waals surface area contributed by atoms with Crippen LogP contribution in [0.15, 0.2) is 47.4 Å². The van der Waals surface area contributed by atoms with Crippen molar-refractivity contribution in [1.29, 1.82) is 0 Å². The van der Waals surface area contributed by atoms with E-state index in [9.17, 15) is 13.2 Å². The third-order valence-corrected chi connectivity index (χ3v) is 7.22. The number of benzene rings is 2. The fraction of sp³-hybridized carbons (Fsp3) is 0.375. The molecule has 0 unspecified atom stereocenters. The normalized spacial score (nSPS) is 14.8. The molecule has 0 spiro atoms. The Morgan fingerprint density at radius 2 is 1.79 bits per heavy atom. The second kappa shape index (κ2) is 11.2. The molecule has 1 aliphatic rings. The number of nitrogens with one attached hydrogen (secondary N) is 1. The Morgan fingerprint density at radius 1 is 1.03 bits per heavy atom. The first kappa shape index (κ1) is 24.6. The molecule has 0 saturated carbocycles. The number of hydrogen-bond donors (Lipinski definition) is 1. The van der Waals surface area contributed by atoms with Gasteiger partial charge in [0.05, 0.1) is 20.8 Å². The van der Waals surface area contributed by atoms with Crippen LogP contribution < -0.4 is 19.5 Å². The Morgan fingerprint density at radius 3 is 2.45 bits per heavy atom. The van der Waals surface area contributed by atoms with Crippen molar-refractivity contribution in [2.45, 2.75) is 31.1 Å². The van der Waals surface area contributed by atoms with Crippen molar-refractivity contribution in [2.24, 2.45) is 0 Å². The molecule has 0 atom stereocenters. The van der Waals surface area contributed by atoms with E-state index in [0.717, 1.165) is 19.3 Å². The molecule has 33 heavy (non-hydrogen) atoms. The highest BCUT2D eigenvalue weighted by molar-refractivity contribution is 7.89. The van der Waals surface area contributed by atoms with Crippen LogP contribution in [0.25, 0.3) is 6.08 Å². The number of nitrogens with zero attached hydrogens (tertiary/aromatic N) is 1. The summed E-state index contributed by atoms with van der Waals surface area (Å²) in [6.07, 6.45) is 5.66. The number of carbonyl (C=O) groups is 1. The molecule has 2 aromatic rings. The van der Waals surface area contributed by atoms with E-state index >= 15 is 0 Å². The fourth-order valence-electron chi connectivity index (χ4n) is 3.61. The smallest absolute Gasteiger partial charge is 0.248 e. The summed E-state index contributed by atoms with van der Waals surface area (Å²) in [6.45, 7) is 3.10. The predicted molar refractivity (Wildman–Crippen MR) is 127 cm³/mol. The molecule has 1 fully saturated rings. The van der Waals surface area contributed by atoms with Crippen LogP contribution in [0.5, 0.6) is 17.2 Å². The molecular weight excluding hydrogens is 444 g/mol. The average molecular weight is 475 g/mol. The number of carbonyl (C=O) groups excluding carboxylic acids is 1. The number of rotatable bonds is 9. The maximum absolute atomic E-state index is 13.2. The SMILES string of the molecule is CCOc1ccc(NC(=O)C=Cc2ccc(OC)cc2OC)cc1S(=O)(=O)N1CCCCC1. The van der Waals surface area contributed by atoms with Crippen molar-refractivity contribution < 1.29 is 27.4 Å². The van der Waals surface area contributed by atoms with Crippen molar-refractivity contribution >= 4 is 27.7 Å². The van der Waals surface area contributed by atoms with E-state index in [1.54, 1.807) is 50.4 Å². The maximum Gasteiger partial charge on any atom is 0.248 e. The molecule has 1 amide bonds. The second-order valence-corrected chi connectivity index (χ2v) is 9.40. The molecule has 0 aromatic heterocycles.